The van der Waals surface area contributed by atoms with Gasteiger partial charge in [-0.3, -0.25) is 0 Å². The fourth-order valence-electron chi connectivity index (χ4n) is 1.73. The third kappa shape index (κ3) is 2.84. The molecule has 88 valence electrons. The van der Waals surface area contributed by atoms with Crippen LogP contribution in [0.25, 0.3) is 0 Å². The molecule has 0 spiro atoms. The molecule has 2 rings (SSSR count). The first-order valence-corrected chi connectivity index (χ1v) is 5.76. The Kier molecular flexibility index (Phi) is 3.98. The van der Waals surface area contributed by atoms with Crippen molar-refractivity contribution in [1.29, 1.82) is 0 Å². The van der Waals surface area contributed by atoms with E-state index in [9.17, 15) is 0 Å². The van der Waals surface area contributed by atoms with Gasteiger partial charge in [0.1, 0.15) is 10.9 Å². The molecule has 2 N–H and O–H groups in total. The first kappa shape index (κ1) is 11.6. The standard InChI is InChI=1S/C11H15ClN2O2/c12-11-9(6-15)3-10(5-14-11)16-7-8-1-2-13-4-8/h3,5,8,13,15H,1-2,4,6-7H2/t8-/m1/s1. The summed E-state index contributed by atoms with van der Waals surface area (Å²) in [4.78, 5) is 3.96. The maximum Gasteiger partial charge on any atom is 0.138 e. The Morgan fingerprint density at radius 2 is 2.50 bits per heavy atom. The van der Waals surface area contributed by atoms with Gasteiger partial charge < -0.3 is 15.2 Å². The number of aliphatic hydroxyl groups excluding tert-OH is 1. The highest BCUT2D eigenvalue weighted by atomic mass is 35.5. The van der Waals surface area contributed by atoms with Crippen molar-refractivity contribution in [2.45, 2.75) is 13.0 Å². The van der Waals surface area contributed by atoms with E-state index in [1.165, 1.54) is 0 Å². The van der Waals surface area contributed by atoms with Crippen LogP contribution < -0.4 is 10.1 Å². The van der Waals surface area contributed by atoms with Crippen LogP contribution in [0.1, 0.15) is 12.0 Å². The number of halogens is 1. The fraction of sp³-hybridized carbons (Fsp3) is 0.545. The minimum atomic E-state index is -0.117. The fourth-order valence-corrected chi connectivity index (χ4v) is 1.90. The predicted molar refractivity (Wildman–Crippen MR) is 61.6 cm³/mol. The van der Waals surface area contributed by atoms with E-state index in [0.717, 1.165) is 19.5 Å². The van der Waals surface area contributed by atoms with Crippen LogP contribution in [0.15, 0.2) is 12.3 Å². The second-order valence-corrected chi connectivity index (χ2v) is 4.31. The van der Waals surface area contributed by atoms with Crippen LogP contribution in [0, 0.1) is 5.92 Å². The topological polar surface area (TPSA) is 54.4 Å². The zero-order chi connectivity index (χ0) is 11.4. The van der Waals surface area contributed by atoms with Crippen molar-refractivity contribution in [3.05, 3.63) is 23.0 Å². The molecule has 1 atom stereocenters. The third-order valence-corrected chi connectivity index (χ3v) is 3.05. The van der Waals surface area contributed by atoms with Crippen LogP contribution in [0.2, 0.25) is 5.15 Å². The SMILES string of the molecule is OCc1cc(OC[C@@H]2CCNC2)cnc1Cl. The van der Waals surface area contributed by atoms with E-state index < -0.39 is 0 Å². The summed E-state index contributed by atoms with van der Waals surface area (Å²) in [5.74, 6) is 1.23. The van der Waals surface area contributed by atoms with E-state index in [2.05, 4.69) is 10.3 Å². The van der Waals surface area contributed by atoms with Gasteiger partial charge in [-0.2, -0.15) is 0 Å². The molecule has 5 heteroatoms. The summed E-state index contributed by atoms with van der Waals surface area (Å²) in [7, 11) is 0. The average molecular weight is 243 g/mol. The van der Waals surface area contributed by atoms with Gasteiger partial charge in [-0.05, 0) is 19.0 Å². The average Bonchev–Trinajstić information content (AvgIpc) is 2.81. The third-order valence-electron chi connectivity index (χ3n) is 2.71. The van der Waals surface area contributed by atoms with Gasteiger partial charge in [0.05, 0.1) is 19.4 Å². The second kappa shape index (κ2) is 5.48. The lowest BCUT2D eigenvalue weighted by Crippen LogP contribution is -2.15. The Morgan fingerprint density at radius 3 is 3.19 bits per heavy atom. The lowest BCUT2D eigenvalue weighted by molar-refractivity contribution is 0.255. The lowest BCUT2D eigenvalue weighted by Gasteiger charge is -2.11. The Labute approximate surface area is 99.6 Å². The largest absolute Gasteiger partial charge is 0.492 e. The number of hydrogen-bond acceptors (Lipinski definition) is 4. The zero-order valence-corrected chi connectivity index (χ0v) is 9.70. The second-order valence-electron chi connectivity index (χ2n) is 3.95. The quantitative estimate of drug-likeness (QED) is 0.780. The molecule has 0 unspecified atom stereocenters. The van der Waals surface area contributed by atoms with Gasteiger partial charge in [-0.1, -0.05) is 11.6 Å². The normalized spacial score (nSPS) is 20.0. The van der Waals surface area contributed by atoms with Crippen molar-refractivity contribution in [3.63, 3.8) is 0 Å². The van der Waals surface area contributed by atoms with E-state index in [0.29, 0.717) is 29.0 Å². The monoisotopic (exact) mass is 242 g/mol. The highest BCUT2D eigenvalue weighted by Gasteiger charge is 2.15. The Balaban J connectivity index is 1.93. The number of nitrogens with one attached hydrogen (secondary N) is 1. The number of pyridine rings is 1. The van der Waals surface area contributed by atoms with Crippen LogP contribution in [0.5, 0.6) is 5.75 Å². The van der Waals surface area contributed by atoms with Crippen LogP contribution >= 0.6 is 11.6 Å². The van der Waals surface area contributed by atoms with Gasteiger partial charge in [-0.25, -0.2) is 4.98 Å². The summed E-state index contributed by atoms with van der Waals surface area (Å²) in [6, 6.07) is 1.73. The number of nitrogens with zero attached hydrogens (tertiary/aromatic N) is 1. The number of ether oxygens (including phenoxy) is 1. The molecular formula is C11H15ClN2O2. The molecule has 4 nitrogen and oxygen atoms in total. The van der Waals surface area contributed by atoms with Gasteiger partial charge in [0, 0.05) is 18.0 Å². The van der Waals surface area contributed by atoms with Crippen molar-refractivity contribution < 1.29 is 9.84 Å². The number of rotatable bonds is 4. The number of hydrogen-bond donors (Lipinski definition) is 2. The van der Waals surface area contributed by atoms with Crippen molar-refractivity contribution in [2.75, 3.05) is 19.7 Å². The minimum Gasteiger partial charge on any atom is -0.492 e. The predicted octanol–water partition coefficient (Wildman–Crippen LogP) is 1.22. The maximum absolute atomic E-state index is 9.03. The van der Waals surface area contributed by atoms with Crippen LogP contribution in [-0.2, 0) is 6.61 Å². The van der Waals surface area contributed by atoms with E-state index >= 15 is 0 Å². The van der Waals surface area contributed by atoms with Crippen LogP contribution in [0.3, 0.4) is 0 Å². The van der Waals surface area contributed by atoms with Crippen LogP contribution in [0.4, 0.5) is 0 Å². The molecule has 0 saturated carbocycles. The number of aromatic nitrogens is 1. The molecule has 2 heterocycles. The van der Waals surface area contributed by atoms with E-state index in [4.69, 9.17) is 21.4 Å². The summed E-state index contributed by atoms with van der Waals surface area (Å²) in [6.45, 7) is 2.64. The molecule has 0 bridgehead atoms. The molecule has 1 aliphatic heterocycles. The molecule has 1 aromatic rings. The summed E-state index contributed by atoms with van der Waals surface area (Å²) >= 11 is 5.79. The van der Waals surface area contributed by atoms with Crippen molar-refractivity contribution in [3.8, 4) is 5.75 Å². The smallest absolute Gasteiger partial charge is 0.138 e. The maximum atomic E-state index is 9.03. The molecule has 0 radical (unpaired) electrons. The summed E-state index contributed by atoms with van der Waals surface area (Å²) in [6.07, 6.45) is 2.73. The molecule has 0 amide bonds. The van der Waals surface area contributed by atoms with Crippen molar-refractivity contribution >= 4 is 11.6 Å². The Hall–Kier alpha value is -0.840. The van der Waals surface area contributed by atoms with Gasteiger partial charge in [-0.15, -0.1) is 0 Å². The molecule has 1 fully saturated rings. The molecule has 1 aromatic heterocycles. The summed E-state index contributed by atoms with van der Waals surface area (Å²) in [5.41, 5.74) is 0.601. The minimum absolute atomic E-state index is 0.117. The first-order valence-electron chi connectivity index (χ1n) is 5.38. The Bertz CT molecular complexity index is 354. The Morgan fingerprint density at radius 1 is 1.62 bits per heavy atom. The molecule has 1 saturated heterocycles. The van der Waals surface area contributed by atoms with E-state index in [1.54, 1.807) is 12.3 Å². The van der Waals surface area contributed by atoms with Gasteiger partial charge >= 0.3 is 0 Å². The van der Waals surface area contributed by atoms with Crippen molar-refractivity contribution in [1.82, 2.24) is 10.3 Å². The molecular weight excluding hydrogens is 228 g/mol. The van der Waals surface area contributed by atoms with Crippen molar-refractivity contribution in [2.24, 2.45) is 5.92 Å². The molecule has 1 aliphatic rings. The van der Waals surface area contributed by atoms with Crippen LogP contribution in [-0.4, -0.2) is 29.8 Å². The zero-order valence-electron chi connectivity index (χ0n) is 8.95. The molecule has 0 aromatic carbocycles. The van der Waals surface area contributed by atoms with Gasteiger partial charge in [0.25, 0.3) is 0 Å². The number of aliphatic hydroxyl groups is 1. The molecule has 0 aliphatic carbocycles. The summed E-state index contributed by atoms with van der Waals surface area (Å²) in [5, 5.41) is 12.6. The lowest BCUT2D eigenvalue weighted by atomic mass is 10.1. The van der Waals surface area contributed by atoms with E-state index in [1.807, 2.05) is 0 Å². The van der Waals surface area contributed by atoms with Gasteiger partial charge in [0.15, 0.2) is 0 Å². The first-order chi connectivity index (χ1) is 7.79. The highest BCUT2D eigenvalue weighted by Crippen LogP contribution is 2.20. The highest BCUT2D eigenvalue weighted by molar-refractivity contribution is 6.30. The molecule has 16 heavy (non-hydrogen) atoms. The summed E-state index contributed by atoms with van der Waals surface area (Å²) < 4.78 is 5.62. The van der Waals surface area contributed by atoms with Gasteiger partial charge in [0.2, 0.25) is 0 Å². The van der Waals surface area contributed by atoms with E-state index in [-0.39, 0.29) is 6.61 Å².